The van der Waals surface area contributed by atoms with Gasteiger partial charge in [0.25, 0.3) is 0 Å². The molecule has 0 N–H and O–H groups in total. The third-order valence-electron chi connectivity index (χ3n) is 3.36. The fourth-order valence-electron chi connectivity index (χ4n) is 2.18. The van der Waals surface area contributed by atoms with Gasteiger partial charge in [0.05, 0.1) is 11.7 Å². The molecule has 0 atom stereocenters. The van der Waals surface area contributed by atoms with E-state index in [1.54, 1.807) is 6.20 Å². The van der Waals surface area contributed by atoms with Crippen LogP contribution in [0, 0.1) is 5.92 Å². The zero-order chi connectivity index (χ0) is 14.8. The number of hydrogen-bond donors (Lipinski definition) is 0. The van der Waals surface area contributed by atoms with Crippen molar-refractivity contribution < 1.29 is 4.42 Å². The quantitative estimate of drug-likeness (QED) is 0.664. The van der Waals surface area contributed by atoms with E-state index in [9.17, 15) is 0 Å². The Morgan fingerprint density at radius 2 is 2.10 bits per heavy atom. The highest BCUT2D eigenvalue weighted by Crippen LogP contribution is 2.27. The summed E-state index contributed by atoms with van der Waals surface area (Å²) in [4.78, 5) is 12.9. The van der Waals surface area contributed by atoms with Crippen molar-refractivity contribution in [3.8, 4) is 11.3 Å². The van der Waals surface area contributed by atoms with E-state index < -0.39 is 0 Å². The molecule has 0 aliphatic rings. The Bertz CT molecular complexity index is 754. The lowest BCUT2D eigenvalue weighted by Gasteiger charge is -2.07. The van der Waals surface area contributed by atoms with E-state index in [2.05, 4.69) is 28.8 Å². The monoisotopic (exact) mass is 301 g/mol. The van der Waals surface area contributed by atoms with E-state index in [-0.39, 0.29) is 0 Å². The van der Waals surface area contributed by atoms with Crippen molar-refractivity contribution >= 4 is 22.5 Å². The molecule has 4 nitrogen and oxygen atoms in total. The molecule has 0 radical (unpaired) electrons. The van der Waals surface area contributed by atoms with Crippen molar-refractivity contribution in [1.82, 2.24) is 15.0 Å². The van der Waals surface area contributed by atoms with E-state index in [0.717, 1.165) is 35.1 Å². The summed E-state index contributed by atoms with van der Waals surface area (Å²) in [5.41, 5.74) is 1.78. The summed E-state index contributed by atoms with van der Waals surface area (Å²) in [6.07, 6.45) is 4.98. The molecular formula is C16H16ClN3O. The fourth-order valence-corrected chi connectivity index (χ4v) is 2.43. The Kier molecular flexibility index (Phi) is 3.88. The van der Waals surface area contributed by atoms with Gasteiger partial charge in [0.1, 0.15) is 11.0 Å². The topological polar surface area (TPSA) is 51.8 Å². The SMILES string of the molecule is CC(C)CCc1nc(Cl)c2cc(-c3cnco3)ccc2n1. The second-order valence-corrected chi connectivity index (χ2v) is 5.82. The maximum atomic E-state index is 6.31. The first kappa shape index (κ1) is 14.0. The van der Waals surface area contributed by atoms with Crippen molar-refractivity contribution in [3.63, 3.8) is 0 Å². The summed E-state index contributed by atoms with van der Waals surface area (Å²) < 4.78 is 5.30. The molecule has 2 aromatic heterocycles. The van der Waals surface area contributed by atoms with Crippen LogP contribution in [0.1, 0.15) is 26.1 Å². The molecule has 1 aromatic carbocycles. The van der Waals surface area contributed by atoms with Crippen LogP contribution in [-0.4, -0.2) is 15.0 Å². The highest BCUT2D eigenvalue weighted by molar-refractivity contribution is 6.34. The van der Waals surface area contributed by atoms with Crippen molar-refractivity contribution in [3.05, 3.63) is 41.8 Å². The smallest absolute Gasteiger partial charge is 0.181 e. The maximum absolute atomic E-state index is 6.31. The van der Waals surface area contributed by atoms with Gasteiger partial charge in [-0.15, -0.1) is 0 Å². The van der Waals surface area contributed by atoms with E-state index >= 15 is 0 Å². The Morgan fingerprint density at radius 3 is 2.81 bits per heavy atom. The van der Waals surface area contributed by atoms with Crippen LogP contribution < -0.4 is 0 Å². The number of aromatic nitrogens is 3. The molecule has 108 valence electrons. The maximum Gasteiger partial charge on any atom is 0.181 e. The number of fused-ring (bicyclic) bond motifs is 1. The molecule has 3 rings (SSSR count). The lowest BCUT2D eigenvalue weighted by atomic mass is 10.1. The van der Waals surface area contributed by atoms with Crippen molar-refractivity contribution in [2.75, 3.05) is 0 Å². The standard InChI is InChI=1S/C16H16ClN3O/c1-10(2)3-6-15-19-13-5-4-11(14-8-18-9-21-14)7-12(13)16(17)20-15/h4-5,7-10H,3,6H2,1-2H3. The predicted molar refractivity (Wildman–Crippen MR) is 83.2 cm³/mol. The molecule has 0 unspecified atom stereocenters. The Balaban J connectivity index is 1.99. The summed E-state index contributed by atoms with van der Waals surface area (Å²) in [6.45, 7) is 4.37. The van der Waals surface area contributed by atoms with E-state index in [1.165, 1.54) is 6.39 Å². The van der Waals surface area contributed by atoms with Crippen LogP contribution >= 0.6 is 11.6 Å². The summed E-state index contributed by atoms with van der Waals surface area (Å²) in [5, 5.41) is 1.32. The van der Waals surface area contributed by atoms with Gasteiger partial charge in [-0.1, -0.05) is 25.4 Å². The van der Waals surface area contributed by atoms with E-state index in [4.69, 9.17) is 16.0 Å². The van der Waals surface area contributed by atoms with Crippen LogP contribution in [0.5, 0.6) is 0 Å². The van der Waals surface area contributed by atoms with Gasteiger partial charge in [-0.3, -0.25) is 0 Å². The minimum atomic E-state index is 0.486. The number of rotatable bonds is 4. The molecule has 2 heterocycles. The van der Waals surface area contributed by atoms with Crippen LogP contribution in [0.15, 0.2) is 35.2 Å². The number of hydrogen-bond acceptors (Lipinski definition) is 4. The second kappa shape index (κ2) is 5.82. The van der Waals surface area contributed by atoms with Crippen LogP contribution in [0.2, 0.25) is 5.15 Å². The summed E-state index contributed by atoms with van der Waals surface area (Å²) >= 11 is 6.31. The molecule has 0 amide bonds. The average molecular weight is 302 g/mol. The van der Waals surface area contributed by atoms with Gasteiger partial charge in [-0.05, 0) is 30.5 Å². The Morgan fingerprint density at radius 1 is 1.24 bits per heavy atom. The molecule has 0 fully saturated rings. The predicted octanol–water partition coefficient (Wildman–Crippen LogP) is 4.53. The van der Waals surface area contributed by atoms with Crippen LogP contribution in [0.3, 0.4) is 0 Å². The highest BCUT2D eigenvalue weighted by atomic mass is 35.5. The van der Waals surface area contributed by atoms with Gasteiger partial charge >= 0.3 is 0 Å². The number of halogens is 1. The van der Waals surface area contributed by atoms with Crippen molar-refractivity contribution in [1.29, 1.82) is 0 Å². The summed E-state index contributed by atoms with van der Waals surface area (Å²) in [7, 11) is 0. The third kappa shape index (κ3) is 3.05. The minimum Gasteiger partial charge on any atom is -0.444 e. The largest absolute Gasteiger partial charge is 0.444 e. The first-order valence-corrected chi connectivity index (χ1v) is 7.36. The van der Waals surface area contributed by atoms with E-state index in [0.29, 0.717) is 16.8 Å². The normalized spacial score (nSPS) is 11.4. The summed E-state index contributed by atoms with van der Waals surface area (Å²) in [5.74, 6) is 2.13. The summed E-state index contributed by atoms with van der Waals surface area (Å²) in [6, 6.07) is 5.84. The molecule has 0 aliphatic heterocycles. The Labute approximate surface area is 128 Å². The van der Waals surface area contributed by atoms with Gasteiger partial charge in [-0.2, -0.15) is 0 Å². The fraction of sp³-hybridized carbons (Fsp3) is 0.312. The molecule has 0 bridgehead atoms. The highest BCUT2D eigenvalue weighted by Gasteiger charge is 2.09. The van der Waals surface area contributed by atoms with Gasteiger partial charge in [0, 0.05) is 17.4 Å². The molecule has 5 heteroatoms. The number of oxazole rings is 1. The number of benzene rings is 1. The minimum absolute atomic E-state index is 0.486. The van der Waals surface area contributed by atoms with Crippen LogP contribution in [0.25, 0.3) is 22.2 Å². The third-order valence-corrected chi connectivity index (χ3v) is 3.65. The van der Waals surface area contributed by atoms with Gasteiger partial charge in [0.2, 0.25) is 0 Å². The zero-order valence-corrected chi connectivity index (χ0v) is 12.8. The molecule has 0 saturated carbocycles. The molecule has 0 aliphatic carbocycles. The van der Waals surface area contributed by atoms with Gasteiger partial charge in [0.15, 0.2) is 12.2 Å². The average Bonchev–Trinajstić information content (AvgIpc) is 2.99. The van der Waals surface area contributed by atoms with Crippen LogP contribution in [0.4, 0.5) is 0 Å². The van der Waals surface area contributed by atoms with Crippen molar-refractivity contribution in [2.24, 2.45) is 5.92 Å². The molecule has 3 aromatic rings. The first-order chi connectivity index (χ1) is 10.1. The van der Waals surface area contributed by atoms with Gasteiger partial charge in [-0.25, -0.2) is 15.0 Å². The number of nitrogens with zero attached hydrogens (tertiary/aromatic N) is 3. The lowest BCUT2D eigenvalue weighted by molar-refractivity contribution is 0.572. The van der Waals surface area contributed by atoms with Gasteiger partial charge < -0.3 is 4.42 Å². The number of aryl methyl sites for hydroxylation is 1. The lowest BCUT2D eigenvalue weighted by Crippen LogP contribution is -1.99. The van der Waals surface area contributed by atoms with Crippen LogP contribution in [-0.2, 0) is 6.42 Å². The molecule has 0 spiro atoms. The second-order valence-electron chi connectivity index (χ2n) is 5.46. The molecule has 0 saturated heterocycles. The van der Waals surface area contributed by atoms with Crippen molar-refractivity contribution in [2.45, 2.75) is 26.7 Å². The van der Waals surface area contributed by atoms with E-state index in [1.807, 2.05) is 18.2 Å². The Hall–Kier alpha value is -1.94. The first-order valence-electron chi connectivity index (χ1n) is 6.98. The molecule has 21 heavy (non-hydrogen) atoms. The molecular weight excluding hydrogens is 286 g/mol. The zero-order valence-electron chi connectivity index (χ0n) is 12.0.